The molecule has 2 aromatic heterocycles. The average molecular weight is 379 g/mol. The number of hydrogen-bond donors (Lipinski definition) is 1. The van der Waals surface area contributed by atoms with E-state index >= 15 is 0 Å². The van der Waals surface area contributed by atoms with Gasteiger partial charge in [0.15, 0.2) is 0 Å². The molecule has 4 rings (SSSR count). The fourth-order valence-corrected chi connectivity index (χ4v) is 3.87. The third-order valence-electron chi connectivity index (χ3n) is 5.40. The number of ether oxygens (including phenoxy) is 1. The topological polar surface area (TPSA) is 74.3 Å². The molecule has 1 aromatic carbocycles. The first-order valence-electron chi connectivity index (χ1n) is 9.55. The quantitative estimate of drug-likeness (QED) is 0.751. The Hall–Kier alpha value is -2.93. The predicted molar refractivity (Wildman–Crippen MR) is 110 cm³/mol. The zero-order chi connectivity index (χ0) is 19.7. The summed E-state index contributed by atoms with van der Waals surface area (Å²) in [5.41, 5.74) is 2.59. The van der Waals surface area contributed by atoms with Gasteiger partial charge in [0.05, 0.1) is 17.1 Å². The van der Waals surface area contributed by atoms with Crippen LogP contribution < -0.4 is 15.2 Å². The molecule has 146 valence electrons. The van der Waals surface area contributed by atoms with E-state index in [-0.39, 0.29) is 11.6 Å². The molecular weight excluding hydrogens is 354 g/mol. The van der Waals surface area contributed by atoms with Crippen molar-refractivity contribution in [2.45, 2.75) is 25.8 Å². The number of anilines is 1. The van der Waals surface area contributed by atoms with Gasteiger partial charge in [0.1, 0.15) is 5.75 Å². The lowest BCUT2D eigenvalue weighted by Gasteiger charge is -2.37. The summed E-state index contributed by atoms with van der Waals surface area (Å²) < 4.78 is 5.82. The van der Waals surface area contributed by atoms with Crippen molar-refractivity contribution < 1.29 is 4.74 Å². The van der Waals surface area contributed by atoms with Crippen molar-refractivity contribution in [2.24, 2.45) is 0 Å². The average Bonchev–Trinajstić information content (AvgIpc) is 2.68. The van der Waals surface area contributed by atoms with Gasteiger partial charge in [-0.3, -0.25) is 14.8 Å². The van der Waals surface area contributed by atoms with E-state index in [0.717, 1.165) is 12.1 Å². The maximum Gasteiger partial charge on any atom is 0.302 e. The molecule has 0 saturated carbocycles. The number of likely N-dealkylation sites (tertiary alicyclic amines) is 1. The second-order valence-corrected chi connectivity index (χ2v) is 7.48. The van der Waals surface area contributed by atoms with E-state index in [1.165, 1.54) is 25.1 Å². The Morgan fingerprint density at radius 1 is 1.32 bits per heavy atom. The molecule has 1 fully saturated rings. The molecule has 1 unspecified atom stereocenters. The molecule has 7 heteroatoms. The largest absolute Gasteiger partial charge is 0.426 e. The molecule has 1 saturated heterocycles. The van der Waals surface area contributed by atoms with E-state index in [0.29, 0.717) is 22.7 Å². The van der Waals surface area contributed by atoms with Crippen molar-refractivity contribution in [3.63, 3.8) is 0 Å². The van der Waals surface area contributed by atoms with E-state index in [1.54, 1.807) is 18.5 Å². The molecule has 1 atom stereocenters. The summed E-state index contributed by atoms with van der Waals surface area (Å²) in [5.74, 6) is 0.641. The van der Waals surface area contributed by atoms with Crippen LogP contribution in [0.15, 0.2) is 41.5 Å². The van der Waals surface area contributed by atoms with Crippen molar-refractivity contribution >= 4 is 16.6 Å². The molecule has 3 heterocycles. The molecule has 3 aromatic rings. The number of benzene rings is 1. The van der Waals surface area contributed by atoms with Crippen LogP contribution in [0.5, 0.6) is 11.8 Å². The summed E-state index contributed by atoms with van der Waals surface area (Å²) in [5, 5.41) is 0.493. The third-order valence-corrected chi connectivity index (χ3v) is 5.40. The Morgan fingerprint density at radius 2 is 2.18 bits per heavy atom. The lowest BCUT2D eigenvalue weighted by atomic mass is 10.0. The number of rotatable bonds is 4. The van der Waals surface area contributed by atoms with Crippen molar-refractivity contribution in [1.82, 2.24) is 19.9 Å². The first kappa shape index (κ1) is 18.4. The van der Waals surface area contributed by atoms with Gasteiger partial charge in [0, 0.05) is 31.5 Å². The number of likely N-dealkylation sites (N-methyl/N-ethyl adjacent to an activating group) is 2. The van der Waals surface area contributed by atoms with E-state index in [4.69, 9.17) is 4.74 Å². The number of piperidine rings is 1. The number of pyridine rings is 1. The normalized spacial score (nSPS) is 17.6. The van der Waals surface area contributed by atoms with Crippen LogP contribution >= 0.6 is 0 Å². The van der Waals surface area contributed by atoms with Gasteiger partial charge < -0.3 is 14.5 Å². The van der Waals surface area contributed by atoms with E-state index in [1.807, 2.05) is 12.1 Å². The first-order valence-corrected chi connectivity index (χ1v) is 9.55. The van der Waals surface area contributed by atoms with Crippen LogP contribution in [0.2, 0.25) is 0 Å². The van der Waals surface area contributed by atoms with E-state index in [9.17, 15) is 4.79 Å². The van der Waals surface area contributed by atoms with Gasteiger partial charge in [-0.05, 0) is 63.2 Å². The van der Waals surface area contributed by atoms with Crippen molar-refractivity contribution in [3.05, 3.63) is 52.6 Å². The lowest BCUT2D eigenvalue weighted by Crippen LogP contribution is -2.45. The summed E-state index contributed by atoms with van der Waals surface area (Å²) in [7, 11) is 4.33. The summed E-state index contributed by atoms with van der Waals surface area (Å²) in [6, 6.07) is 8.28. The molecule has 0 aliphatic carbocycles. The molecule has 0 radical (unpaired) electrons. The SMILES string of the molecule is Cc1cc(Oc2nc3cnccc3c(=O)[nH]2)ccc1N(C)C1CCCN(C)C1. The molecular formula is C21H25N5O2. The van der Waals surface area contributed by atoms with Crippen LogP contribution in [0.1, 0.15) is 18.4 Å². The summed E-state index contributed by atoms with van der Waals surface area (Å²) in [4.78, 5) is 28.0. The lowest BCUT2D eigenvalue weighted by molar-refractivity contribution is 0.248. The van der Waals surface area contributed by atoms with Gasteiger partial charge in [-0.1, -0.05) is 0 Å². The number of hydrogen-bond acceptors (Lipinski definition) is 6. The first-order chi connectivity index (χ1) is 13.5. The number of H-pyrrole nitrogens is 1. The molecule has 7 nitrogen and oxygen atoms in total. The Morgan fingerprint density at radius 3 is 2.96 bits per heavy atom. The summed E-state index contributed by atoms with van der Waals surface area (Å²) >= 11 is 0. The number of aromatic nitrogens is 3. The van der Waals surface area contributed by atoms with E-state index < -0.39 is 0 Å². The van der Waals surface area contributed by atoms with Gasteiger partial charge in [0.25, 0.3) is 5.56 Å². The highest BCUT2D eigenvalue weighted by Gasteiger charge is 2.22. The molecule has 0 amide bonds. The van der Waals surface area contributed by atoms with Gasteiger partial charge >= 0.3 is 6.01 Å². The number of aromatic amines is 1. The second-order valence-electron chi connectivity index (χ2n) is 7.48. The molecule has 1 aliphatic heterocycles. The van der Waals surface area contributed by atoms with Gasteiger partial charge in [-0.15, -0.1) is 0 Å². The Labute approximate surface area is 164 Å². The second kappa shape index (κ2) is 7.59. The van der Waals surface area contributed by atoms with Crippen LogP contribution in [0, 0.1) is 6.92 Å². The minimum absolute atomic E-state index is 0.167. The highest BCUT2D eigenvalue weighted by Crippen LogP contribution is 2.29. The smallest absolute Gasteiger partial charge is 0.302 e. The number of nitrogens with one attached hydrogen (secondary N) is 1. The van der Waals surface area contributed by atoms with Gasteiger partial charge in [-0.25, -0.2) is 0 Å². The fraction of sp³-hybridized carbons (Fsp3) is 0.381. The zero-order valence-corrected chi connectivity index (χ0v) is 16.5. The standard InChI is InChI=1S/C21H25N5O2/c1-14-11-16(6-7-19(14)26(3)15-5-4-10-25(2)13-15)28-21-23-18-12-22-9-8-17(18)20(27)24-21/h6-9,11-12,15H,4-5,10,13H2,1-3H3,(H,23,24,27). The zero-order valence-electron chi connectivity index (χ0n) is 16.5. The number of aryl methyl sites for hydroxylation is 1. The molecule has 1 N–H and O–H groups in total. The van der Waals surface area contributed by atoms with Crippen molar-refractivity contribution in [2.75, 3.05) is 32.1 Å². The van der Waals surface area contributed by atoms with Gasteiger partial charge in [-0.2, -0.15) is 4.98 Å². The maximum absolute atomic E-state index is 12.2. The maximum atomic E-state index is 12.2. The Balaban J connectivity index is 1.55. The molecule has 0 bridgehead atoms. The van der Waals surface area contributed by atoms with Gasteiger partial charge in [0.2, 0.25) is 0 Å². The highest BCUT2D eigenvalue weighted by atomic mass is 16.5. The minimum Gasteiger partial charge on any atom is -0.426 e. The highest BCUT2D eigenvalue weighted by molar-refractivity contribution is 5.76. The summed E-state index contributed by atoms with van der Waals surface area (Å²) in [6.45, 7) is 4.32. The molecule has 1 aliphatic rings. The Bertz CT molecular complexity index is 1050. The summed E-state index contributed by atoms with van der Waals surface area (Å²) in [6.07, 6.45) is 5.56. The number of nitrogens with zero attached hydrogens (tertiary/aromatic N) is 4. The Kier molecular flexibility index (Phi) is 5.00. The van der Waals surface area contributed by atoms with E-state index in [2.05, 4.69) is 51.8 Å². The van der Waals surface area contributed by atoms with Crippen LogP contribution in [0.4, 0.5) is 5.69 Å². The van der Waals surface area contributed by atoms with Crippen molar-refractivity contribution in [1.29, 1.82) is 0 Å². The molecule has 0 spiro atoms. The number of fused-ring (bicyclic) bond motifs is 1. The minimum atomic E-state index is -0.239. The fourth-order valence-electron chi connectivity index (χ4n) is 3.87. The van der Waals surface area contributed by atoms with Crippen LogP contribution in [0.3, 0.4) is 0 Å². The predicted octanol–water partition coefficient (Wildman–Crippen LogP) is 2.95. The monoisotopic (exact) mass is 379 g/mol. The van der Waals surface area contributed by atoms with Crippen LogP contribution in [-0.4, -0.2) is 53.1 Å². The van der Waals surface area contributed by atoms with Crippen molar-refractivity contribution in [3.8, 4) is 11.8 Å². The molecule has 28 heavy (non-hydrogen) atoms. The van der Waals surface area contributed by atoms with Crippen LogP contribution in [-0.2, 0) is 0 Å². The van der Waals surface area contributed by atoms with Crippen LogP contribution in [0.25, 0.3) is 10.9 Å². The third kappa shape index (κ3) is 3.71.